The quantitative estimate of drug-likeness (QED) is 0.792. The van der Waals surface area contributed by atoms with Crippen molar-refractivity contribution in [3.63, 3.8) is 0 Å². The van der Waals surface area contributed by atoms with E-state index in [-0.39, 0.29) is 24.3 Å². The Morgan fingerprint density at radius 1 is 1.32 bits per heavy atom. The van der Waals surface area contributed by atoms with Crippen molar-refractivity contribution in [3.8, 4) is 10.6 Å². The zero-order valence-corrected chi connectivity index (χ0v) is 14.6. The second kappa shape index (κ2) is 8.22. The average Bonchev–Trinajstić information content (AvgIpc) is 3.30. The molecule has 1 aromatic heterocycles. The molecule has 1 aliphatic rings. The van der Waals surface area contributed by atoms with Crippen LogP contribution in [0, 0.1) is 0 Å². The summed E-state index contributed by atoms with van der Waals surface area (Å²) in [6.07, 6.45) is 4.67. The van der Waals surface area contributed by atoms with Crippen molar-refractivity contribution in [1.82, 2.24) is 10.3 Å². The van der Waals surface area contributed by atoms with Crippen LogP contribution in [0.2, 0.25) is 0 Å². The molecule has 6 nitrogen and oxygen atoms in total. The molecule has 0 aliphatic heterocycles. The number of carbonyl (C=O) groups is 2. The number of hydrogen-bond donors (Lipinski definition) is 2. The van der Waals surface area contributed by atoms with Crippen LogP contribution >= 0.6 is 11.3 Å². The molecule has 1 fully saturated rings. The van der Waals surface area contributed by atoms with E-state index in [1.807, 2.05) is 24.3 Å². The molecule has 0 unspecified atom stereocenters. The molecule has 0 spiro atoms. The number of thiazole rings is 1. The fraction of sp³-hybridized carbons (Fsp3) is 0.389. The number of nitrogens with one attached hydrogen (secondary N) is 1. The van der Waals surface area contributed by atoms with Crippen LogP contribution in [0.3, 0.4) is 0 Å². The highest BCUT2D eigenvalue weighted by atomic mass is 32.1. The monoisotopic (exact) mass is 360 g/mol. The molecule has 2 aromatic rings. The van der Waals surface area contributed by atoms with Gasteiger partial charge in [-0.1, -0.05) is 31.0 Å². The number of aromatic nitrogens is 1. The summed E-state index contributed by atoms with van der Waals surface area (Å²) >= 11 is 1.29. The van der Waals surface area contributed by atoms with E-state index in [0.717, 1.165) is 24.0 Å². The zero-order valence-electron chi connectivity index (χ0n) is 13.7. The van der Waals surface area contributed by atoms with Crippen LogP contribution in [-0.4, -0.2) is 34.7 Å². The number of nitrogens with zero attached hydrogens (tertiary/aromatic N) is 1. The number of ether oxygens (including phenoxy) is 1. The SMILES string of the molecule is O=C(COC1CCCC1)NCc1cccc(-c2nc(C(=O)O)cs2)c1. The molecule has 0 saturated heterocycles. The highest BCUT2D eigenvalue weighted by Crippen LogP contribution is 2.24. The van der Waals surface area contributed by atoms with Gasteiger partial charge in [-0.25, -0.2) is 9.78 Å². The zero-order chi connectivity index (χ0) is 17.6. The maximum atomic E-state index is 11.9. The lowest BCUT2D eigenvalue weighted by Crippen LogP contribution is -2.28. The fourth-order valence-corrected chi connectivity index (χ4v) is 3.61. The van der Waals surface area contributed by atoms with Gasteiger partial charge >= 0.3 is 5.97 Å². The van der Waals surface area contributed by atoms with Crippen molar-refractivity contribution in [2.24, 2.45) is 0 Å². The topological polar surface area (TPSA) is 88.5 Å². The maximum absolute atomic E-state index is 11.9. The number of benzene rings is 1. The first-order valence-electron chi connectivity index (χ1n) is 8.28. The van der Waals surface area contributed by atoms with E-state index in [1.165, 1.54) is 29.6 Å². The largest absolute Gasteiger partial charge is 0.476 e. The third kappa shape index (κ3) is 4.87. The van der Waals surface area contributed by atoms with Crippen LogP contribution in [-0.2, 0) is 16.1 Å². The van der Waals surface area contributed by atoms with Crippen molar-refractivity contribution in [2.45, 2.75) is 38.3 Å². The second-order valence-corrected chi connectivity index (χ2v) is 6.90. The molecule has 7 heteroatoms. The van der Waals surface area contributed by atoms with Crippen LogP contribution in [0.15, 0.2) is 29.6 Å². The van der Waals surface area contributed by atoms with Gasteiger partial charge in [-0.2, -0.15) is 0 Å². The minimum absolute atomic E-state index is 0.0442. The number of hydrogen-bond acceptors (Lipinski definition) is 5. The van der Waals surface area contributed by atoms with Crippen LogP contribution < -0.4 is 5.32 Å². The highest BCUT2D eigenvalue weighted by molar-refractivity contribution is 7.13. The first-order chi connectivity index (χ1) is 12.1. The molecule has 2 N–H and O–H groups in total. The Labute approximate surface area is 149 Å². The van der Waals surface area contributed by atoms with Crippen molar-refractivity contribution < 1.29 is 19.4 Å². The normalized spacial score (nSPS) is 14.6. The van der Waals surface area contributed by atoms with E-state index in [1.54, 1.807) is 0 Å². The van der Waals surface area contributed by atoms with Crippen LogP contribution in [0.5, 0.6) is 0 Å². The van der Waals surface area contributed by atoms with E-state index in [9.17, 15) is 9.59 Å². The number of aromatic carboxylic acids is 1. The lowest BCUT2D eigenvalue weighted by Gasteiger charge is -2.11. The van der Waals surface area contributed by atoms with E-state index < -0.39 is 5.97 Å². The van der Waals surface area contributed by atoms with Crippen molar-refractivity contribution >= 4 is 23.2 Å². The summed E-state index contributed by atoms with van der Waals surface area (Å²) in [6.45, 7) is 0.497. The van der Waals surface area contributed by atoms with Gasteiger partial charge in [0.05, 0.1) is 6.10 Å². The third-order valence-corrected chi connectivity index (χ3v) is 5.03. The van der Waals surface area contributed by atoms with E-state index >= 15 is 0 Å². The Morgan fingerprint density at radius 2 is 2.12 bits per heavy atom. The number of amides is 1. The lowest BCUT2D eigenvalue weighted by molar-refractivity contribution is -0.127. The molecule has 1 aliphatic carbocycles. The van der Waals surface area contributed by atoms with Crippen LogP contribution in [0.1, 0.15) is 41.7 Å². The summed E-state index contributed by atoms with van der Waals surface area (Å²) in [4.78, 5) is 26.9. The molecule has 1 amide bonds. The molecular formula is C18H20N2O4S. The Kier molecular flexibility index (Phi) is 5.78. The van der Waals surface area contributed by atoms with E-state index in [4.69, 9.17) is 9.84 Å². The minimum Gasteiger partial charge on any atom is -0.476 e. The Bertz CT molecular complexity index is 753. The number of carboxylic acid groups (broad SMARTS) is 1. The van der Waals surface area contributed by atoms with Gasteiger partial charge in [0.1, 0.15) is 11.6 Å². The van der Waals surface area contributed by atoms with Crippen molar-refractivity contribution in [3.05, 3.63) is 40.9 Å². The number of rotatable bonds is 7. The van der Waals surface area contributed by atoms with Gasteiger partial charge in [0.2, 0.25) is 5.91 Å². The minimum atomic E-state index is -1.03. The summed E-state index contributed by atoms with van der Waals surface area (Å²) in [7, 11) is 0. The van der Waals surface area contributed by atoms with Gasteiger partial charge in [0.15, 0.2) is 5.69 Å². The Balaban J connectivity index is 1.54. The fourth-order valence-electron chi connectivity index (χ4n) is 2.82. The standard InChI is InChI=1S/C18H20N2O4S/c21-16(10-24-14-6-1-2-7-14)19-9-12-4-3-5-13(8-12)17-20-15(11-25-17)18(22)23/h3-5,8,11,14H,1-2,6-7,9-10H2,(H,19,21)(H,22,23). The summed E-state index contributed by atoms with van der Waals surface area (Å²) in [5.74, 6) is -1.16. The molecular weight excluding hydrogens is 340 g/mol. The second-order valence-electron chi connectivity index (χ2n) is 6.04. The Hall–Kier alpha value is -2.25. The molecule has 0 atom stereocenters. The molecule has 1 aromatic carbocycles. The molecule has 132 valence electrons. The van der Waals surface area contributed by atoms with Crippen LogP contribution in [0.25, 0.3) is 10.6 Å². The summed E-state index contributed by atoms with van der Waals surface area (Å²) < 4.78 is 5.60. The predicted molar refractivity (Wildman–Crippen MR) is 94.6 cm³/mol. The predicted octanol–water partition coefficient (Wildman–Crippen LogP) is 3.08. The molecule has 0 radical (unpaired) electrons. The number of carbonyl (C=O) groups excluding carboxylic acids is 1. The number of carboxylic acids is 1. The first kappa shape index (κ1) is 17.6. The summed E-state index contributed by atoms with van der Waals surface area (Å²) in [5, 5.41) is 14.0. The van der Waals surface area contributed by atoms with Gasteiger partial charge < -0.3 is 15.2 Å². The summed E-state index contributed by atoms with van der Waals surface area (Å²) in [6, 6.07) is 7.56. The van der Waals surface area contributed by atoms with Crippen molar-refractivity contribution in [1.29, 1.82) is 0 Å². The van der Waals surface area contributed by atoms with Gasteiger partial charge in [0.25, 0.3) is 0 Å². The Morgan fingerprint density at radius 3 is 2.84 bits per heavy atom. The average molecular weight is 360 g/mol. The summed E-state index contributed by atoms with van der Waals surface area (Å²) in [5.41, 5.74) is 1.81. The van der Waals surface area contributed by atoms with Gasteiger partial charge in [-0.3, -0.25) is 4.79 Å². The first-order valence-corrected chi connectivity index (χ1v) is 9.16. The van der Waals surface area contributed by atoms with Gasteiger partial charge in [0, 0.05) is 17.5 Å². The van der Waals surface area contributed by atoms with Gasteiger partial charge in [-0.15, -0.1) is 11.3 Å². The molecule has 25 heavy (non-hydrogen) atoms. The maximum Gasteiger partial charge on any atom is 0.355 e. The van der Waals surface area contributed by atoms with E-state index in [0.29, 0.717) is 11.6 Å². The van der Waals surface area contributed by atoms with Crippen molar-refractivity contribution in [2.75, 3.05) is 6.61 Å². The van der Waals surface area contributed by atoms with Gasteiger partial charge in [-0.05, 0) is 24.5 Å². The molecule has 3 rings (SSSR count). The molecule has 1 saturated carbocycles. The lowest BCUT2D eigenvalue weighted by atomic mass is 10.1. The molecule has 1 heterocycles. The van der Waals surface area contributed by atoms with Crippen LogP contribution in [0.4, 0.5) is 0 Å². The smallest absolute Gasteiger partial charge is 0.355 e. The highest BCUT2D eigenvalue weighted by Gasteiger charge is 2.16. The third-order valence-electron chi connectivity index (χ3n) is 4.14. The van der Waals surface area contributed by atoms with E-state index in [2.05, 4.69) is 10.3 Å². The molecule has 0 bridgehead atoms.